The van der Waals surface area contributed by atoms with Crippen LogP contribution < -0.4 is 5.32 Å². The van der Waals surface area contributed by atoms with Gasteiger partial charge in [0.25, 0.3) is 5.91 Å². The molecule has 0 bridgehead atoms. The smallest absolute Gasteiger partial charge is 0.257 e. The Morgan fingerprint density at radius 1 is 1.13 bits per heavy atom. The van der Waals surface area contributed by atoms with E-state index in [0.29, 0.717) is 10.7 Å². The number of nitrogens with one attached hydrogen (secondary N) is 1. The molecule has 3 aromatic rings. The van der Waals surface area contributed by atoms with Crippen molar-refractivity contribution in [2.45, 2.75) is 26.2 Å². The maximum atomic E-state index is 12.3. The minimum Gasteiger partial charge on any atom is -0.508 e. The number of aromatic nitrogens is 1. The molecule has 0 saturated heterocycles. The van der Waals surface area contributed by atoms with E-state index in [9.17, 15) is 9.90 Å². The molecule has 5 heteroatoms. The Balaban J connectivity index is 1.80. The van der Waals surface area contributed by atoms with E-state index in [0.717, 1.165) is 10.2 Å². The zero-order chi connectivity index (χ0) is 16.6. The second-order valence-corrected chi connectivity index (χ2v) is 7.48. The highest BCUT2D eigenvalue weighted by atomic mass is 32.1. The number of benzene rings is 2. The summed E-state index contributed by atoms with van der Waals surface area (Å²) in [4.78, 5) is 16.7. The molecule has 0 aliphatic carbocycles. The van der Waals surface area contributed by atoms with Gasteiger partial charge in [0.05, 0.1) is 10.2 Å². The predicted octanol–water partition coefficient (Wildman–Crippen LogP) is 4.55. The summed E-state index contributed by atoms with van der Waals surface area (Å²) < 4.78 is 0.836. The van der Waals surface area contributed by atoms with Gasteiger partial charge in [0.1, 0.15) is 5.75 Å². The molecule has 0 fully saturated rings. The molecular weight excluding hydrogens is 308 g/mol. The lowest BCUT2D eigenvalue weighted by molar-refractivity contribution is 0.102. The van der Waals surface area contributed by atoms with Gasteiger partial charge in [0.15, 0.2) is 5.13 Å². The van der Waals surface area contributed by atoms with Crippen molar-refractivity contribution in [2.75, 3.05) is 5.32 Å². The van der Waals surface area contributed by atoms with Crippen LogP contribution in [-0.4, -0.2) is 16.0 Å². The second-order valence-electron chi connectivity index (χ2n) is 6.45. The summed E-state index contributed by atoms with van der Waals surface area (Å²) in [6.45, 7) is 6.41. The number of nitrogens with zero attached hydrogens (tertiary/aromatic N) is 1. The highest BCUT2D eigenvalue weighted by molar-refractivity contribution is 7.22. The van der Waals surface area contributed by atoms with Crippen LogP contribution >= 0.6 is 11.3 Å². The number of amides is 1. The summed E-state index contributed by atoms with van der Waals surface area (Å²) in [5.74, 6) is 0.00512. The number of thiazole rings is 1. The van der Waals surface area contributed by atoms with Gasteiger partial charge in [0.2, 0.25) is 0 Å². The fraction of sp³-hybridized carbons (Fsp3) is 0.222. The number of rotatable bonds is 2. The van der Waals surface area contributed by atoms with Crippen molar-refractivity contribution in [1.82, 2.24) is 4.98 Å². The number of aromatic hydroxyl groups is 1. The van der Waals surface area contributed by atoms with Crippen molar-refractivity contribution in [1.29, 1.82) is 0 Å². The quantitative estimate of drug-likeness (QED) is 0.726. The SMILES string of the molecule is CC(C)(C)c1ccc(C(=O)Nc2nc3ccc(O)cc3s2)cc1. The van der Waals surface area contributed by atoms with Crippen LogP contribution in [-0.2, 0) is 5.41 Å². The van der Waals surface area contributed by atoms with Gasteiger partial charge in [-0.15, -0.1) is 0 Å². The van der Waals surface area contributed by atoms with Gasteiger partial charge in [-0.2, -0.15) is 0 Å². The molecule has 2 aromatic carbocycles. The minimum absolute atomic E-state index is 0.0596. The Bertz CT molecular complexity index is 861. The first-order valence-corrected chi connectivity index (χ1v) is 8.16. The number of hydrogen-bond donors (Lipinski definition) is 2. The van der Waals surface area contributed by atoms with Crippen LogP contribution in [0.15, 0.2) is 42.5 Å². The van der Waals surface area contributed by atoms with Gasteiger partial charge < -0.3 is 5.11 Å². The van der Waals surface area contributed by atoms with E-state index in [-0.39, 0.29) is 17.1 Å². The van der Waals surface area contributed by atoms with Crippen molar-refractivity contribution in [3.05, 3.63) is 53.6 Å². The number of phenolic OH excluding ortho intramolecular Hbond substituents is 1. The molecule has 1 heterocycles. The summed E-state index contributed by atoms with van der Waals surface area (Å²) in [5, 5.41) is 12.8. The van der Waals surface area contributed by atoms with Gasteiger partial charge in [-0.05, 0) is 41.3 Å². The van der Waals surface area contributed by atoms with Gasteiger partial charge in [0, 0.05) is 5.56 Å². The molecule has 0 spiro atoms. The Morgan fingerprint density at radius 2 is 1.83 bits per heavy atom. The molecule has 0 atom stereocenters. The van der Waals surface area contributed by atoms with E-state index < -0.39 is 0 Å². The summed E-state index contributed by atoms with van der Waals surface area (Å²) in [6.07, 6.45) is 0. The zero-order valence-electron chi connectivity index (χ0n) is 13.3. The Morgan fingerprint density at radius 3 is 2.48 bits per heavy atom. The maximum Gasteiger partial charge on any atom is 0.257 e. The van der Waals surface area contributed by atoms with Crippen molar-refractivity contribution in [3.63, 3.8) is 0 Å². The van der Waals surface area contributed by atoms with E-state index in [1.54, 1.807) is 18.2 Å². The van der Waals surface area contributed by atoms with Crippen LogP contribution in [0.25, 0.3) is 10.2 Å². The molecule has 0 unspecified atom stereocenters. The number of carbonyl (C=O) groups is 1. The van der Waals surface area contributed by atoms with Crippen LogP contribution in [0.5, 0.6) is 5.75 Å². The van der Waals surface area contributed by atoms with Crippen molar-refractivity contribution < 1.29 is 9.90 Å². The Labute approximate surface area is 138 Å². The van der Waals surface area contributed by atoms with Crippen molar-refractivity contribution in [3.8, 4) is 5.75 Å². The molecule has 2 N–H and O–H groups in total. The van der Waals surface area contributed by atoms with Crippen LogP contribution in [0.3, 0.4) is 0 Å². The molecule has 23 heavy (non-hydrogen) atoms. The molecule has 118 valence electrons. The number of phenols is 1. The third kappa shape index (κ3) is 3.35. The number of fused-ring (bicyclic) bond motifs is 1. The van der Waals surface area contributed by atoms with Crippen LogP contribution in [0.1, 0.15) is 36.7 Å². The first kappa shape index (κ1) is 15.5. The molecular formula is C18H18N2O2S. The van der Waals surface area contributed by atoms with Crippen molar-refractivity contribution >= 4 is 32.6 Å². The van der Waals surface area contributed by atoms with E-state index in [1.165, 1.54) is 16.9 Å². The first-order chi connectivity index (χ1) is 10.8. The summed E-state index contributed by atoms with van der Waals surface area (Å²) in [7, 11) is 0. The molecule has 0 saturated carbocycles. The fourth-order valence-corrected chi connectivity index (χ4v) is 3.15. The van der Waals surface area contributed by atoms with E-state index in [4.69, 9.17) is 0 Å². The zero-order valence-corrected chi connectivity index (χ0v) is 14.1. The Kier molecular flexibility index (Phi) is 3.82. The van der Waals surface area contributed by atoms with E-state index >= 15 is 0 Å². The van der Waals surface area contributed by atoms with Gasteiger partial charge in [-0.1, -0.05) is 44.2 Å². The minimum atomic E-state index is -0.186. The second kappa shape index (κ2) is 5.66. The van der Waals surface area contributed by atoms with Crippen LogP contribution in [0.4, 0.5) is 5.13 Å². The topological polar surface area (TPSA) is 62.2 Å². The highest BCUT2D eigenvalue weighted by Crippen LogP contribution is 2.29. The molecule has 0 aliphatic rings. The predicted molar refractivity (Wildman–Crippen MR) is 94.4 cm³/mol. The van der Waals surface area contributed by atoms with Gasteiger partial charge in [-0.25, -0.2) is 4.98 Å². The summed E-state index contributed by atoms with van der Waals surface area (Å²) in [5.41, 5.74) is 2.60. The maximum absolute atomic E-state index is 12.3. The van der Waals surface area contributed by atoms with Crippen LogP contribution in [0.2, 0.25) is 0 Å². The first-order valence-electron chi connectivity index (χ1n) is 7.34. The Hall–Kier alpha value is -2.40. The molecule has 4 nitrogen and oxygen atoms in total. The molecule has 0 radical (unpaired) electrons. The number of carbonyl (C=O) groups excluding carboxylic acids is 1. The van der Waals surface area contributed by atoms with E-state index in [2.05, 4.69) is 31.1 Å². The third-order valence-corrected chi connectivity index (χ3v) is 4.54. The normalized spacial score (nSPS) is 11.6. The lowest BCUT2D eigenvalue weighted by Crippen LogP contribution is -2.14. The lowest BCUT2D eigenvalue weighted by atomic mass is 9.87. The standard InChI is InChI=1S/C18H18N2O2S/c1-18(2,3)12-6-4-11(5-7-12)16(22)20-17-19-14-9-8-13(21)10-15(14)23-17/h4-10,21H,1-3H3,(H,19,20,22). The number of hydrogen-bond acceptors (Lipinski definition) is 4. The largest absolute Gasteiger partial charge is 0.508 e. The summed E-state index contributed by atoms with van der Waals surface area (Å²) in [6, 6.07) is 12.6. The van der Waals surface area contributed by atoms with Crippen molar-refractivity contribution in [2.24, 2.45) is 0 Å². The highest BCUT2D eigenvalue weighted by Gasteiger charge is 2.15. The third-order valence-electron chi connectivity index (χ3n) is 3.61. The fourth-order valence-electron chi connectivity index (χ4n) is 2.26. The van der Waals surface area contributed by atoms with E-state index in [1.807, 2.05) is 24.3 Å². The lowest BCUT2D eigenvalue weighted by Gasteiger charge is -2.18. The molecule has 0 aliphatic heterocycles. The average molecular weight is 326 g/mol. The molecule has 3 rings (SSSR count). The number of anilines is 1. The van der Waals surface area contributed by atoms with Gasteiger partial charge >= 0.3 is 0 Å². The molecule has 1 aromatic heterocycles. The van der Waals surface area contributed by atoms with Gasteiger partial charge in [-0.3, -0.25) is 10.1 Å². The molecule has 1 amide bonds. The summed E-state index contributed by atoms with van der Waals surface area (Å²) >= 11 is 1.34. The van der Waals surface area contributed by atoms with Crippen LogP contribution in [0, 0.1) is 0 Å². The monoisotopic (exact) mass is 326 g/mol. The average Bonchev–Trinajstić information content (AvgIpc) is 2.87.